The SMILES string of the molecule is CCn1c(COc2ccc(Cl)cc2)nnc1SCC(=O)Nc1cccc(Cl)c1Cl. The van der Waals surface area contributed by atoms with Crippen LogP contribution in [0.3, 0.4) is 0 Å². The Balaban J connectivity index is 1.58. The number of amides is 1. The van der Waals surface area contributed by atoms with E-state index in [2.05, 4.69) is 15.5 Å². The van der Waals surface area contributed by atoms with E-state index in [1.165, 1.54) is 11.8 Å². The van der Waals surface area contributed by atoms with Gasteiger partial charge >= 0.3 is 0 Å². The Labute approximate surface area is 187 Å². The Morgan fingerprint density at radius 1 is 1.14 bits per heavy atom. The molecule has 0 saturated heterocycles. The average Bonchev–Trinajstić information content (AvgIpc) is 3.11. The predicted molar refractivity (Wildman–Crippen MR) is 117 cm³/mol. The van der Waals surface area contributed by atoms with Crippen molar-refractivity contribution < 1.29 is 9.53 Å². The van der Waals surface area contributed by atoms with Crippen LogP contribution in [0.25, 0.3) is 0 Å². The molecule has 0 aliphatic carbocycles. The van der Waals surface area contributed by atoms with E-state index in [9.17, 15) is 4.79 Å². The van der Waals surface area contributed by atoms with Crippen LogP contribution < -0.4 is 10.1 Å². The fraction of sp³-hybridized carbons (Fsp3) is 0.211. The third-order valence-corrected chi connectivity index (χ3v) is 5.89. The lowest BCUT2D eigenvalue weighted by Crippen LogP contribution is -2.15. The topological polar surface area (TPSA) is 69.0 Å². The fourth-order valence-electron chi connectivity index (χ4n) is 2.45. The number of benzene rings is 2. The Bertz CT molecular complexity index is 996. The molecule has 0 aliphatic rings. The van der Waals surface area contributed by atoms with Crippen molar-refractivity contribution in [2.45, 2.75) is 25.2 Å². The van der Waals surface area contributed by atoms with Crippen molar-refractivity contribution in [1.82, 2.24) is 14.8 Å². The summed E-state index contributed by atoms with van der Waals surface area (Å²) in [7, 11) is 0. The maximum absolute atomic E-state index is 12.3. The van der Waals surface area contributed by atoms with Crippen LogP contribution in [0.2, 0.25) is 15.1 Å². The van der Waals surface area contributed by atoms with E-state index in [0.717, 1.165) is 0 Å². The summed E-state index contributed by atoms with van der Waals surface area (Å²) in [4.78, 5) is 12.3. The highest BCUT2D eigenvalue weighted by atomic mass is 35.5. The normalized spacial score (nSPS) is 10.8. The largest absolute Gasteiger partial charge is 0.486 e. The van der Waals surface area contributed by atoms with Crippen molar-refractivity contribution in [3.63, 3.8) is 0 Å². The quantitative estimate of drug-likeness (QED) is 0.435. The lowest BCUT2D eigenvalue weighted by atomic mass is 10.3. The van der Waals surface area contributed by atoms with Crippen molar-refractivity contribution in [3.05, 3.63) is 63.4 Å². The molecule has 3 aromatic rings. The van der Waals surface area contributed by atoms with Gasteiger partial charge in [-0.15, -0.1) is 10.2 Å². The number of hydrogen-bond donors (Lipinski definition) is 1. The first-order valence-electron chi connectivity index (χ1n) is 8.65. The van der Waals surface area contributed by atoms with Gasteiger partial charge in [-0.3, -0.25) is 4.79 Å². The van der Waals surface area contributed by atoms with Crippen LogP contribution in [0, 0.1) is 0 Å². The van der Waals surface area contributed by atoms with Gasteiger partial charge in [-0.25, -0.2) is 0 Å². The number of ether oxygens (including phenoxy) is 1. The number of nitrogens with zero attached hydrogens (tertiary/aromatic N) is 3. The van der Waals surface area contributed by atoms with Crippen LogP contribution in [0.15, 0.2) is 47.6 Å². The summed E-state index contributed by atoms with van der Waals surface area (Å²) in [6.07, 6.45) is 0. The summed E-state index contributed by atoms with van der Waals surface area (Å²) >= 11 is 19.2. The molecule has 152 valence electrons. The Morgan fingerprint density at radius 2 is 1.90 bits per heavy atom. The molecule has 0 spiro atoms. The molecule has 29 heavy (non-hydrogen) atoms. The van der Waals surface area contributed by atoms with Crippen molar-refractivity contribution in [1.29, 1.82) is 0 Å². The average molecular weight is 472 g/mol. The van der Waals surface area contributed by atoms with Crippen LogP contribution in [0.5, 0.6) is 5.75 Å². The monoisotopic (exact) mass is 470 g/mol. The van der Waals surface area contributed by atoms with E-state index in [0.29, 0.717) is 44.0 Å². The van der Waals surface area contributed by atoms with Crippen LogP contribution >= 0.6 is 46.6 Å². The first-order valence-corrected chi connectivity index (χ1v) is 10.8. The zero-order valence-electron chi connectivity index (χ0n) is 15.4. The molecular weight excluding hydrogens is 455 g/mol. The number of rotatable bonds is 8. The Hall–Kier alpha value is -1.93. The van der Waals surface area contributed by atoms with Crippen LogP contribution in [0.4, 0.5) is 5.69 Å². The third-order valence-electron chi connectivity index (χ3n) is 3.85. The van der Waals surface area contributed by atoms with Gasteiger partial charge in [0.05, 0.1) is 21.5 Å². The second kappa shape index (κ2) is 10.2. The summed E-state index contributed by atoms with van der Waals surface area (Å²) in [5, 5.41) is 13.1. The Morgan fingerprint density at radius 3 is 2.62 bits per heavy atom. The molecule has 0 atom stereocenters. The highest BCUT2D eigenvalue weighted by Gasteiger charge is 2.15. The zero-order chi connectivity index (χ0) is 20.8. The zero-order valence-corrected chi connectivity index (χ0v) is 18.4. The van der Waals surface area contributed by atoms with Crippen LogP contribution in [-0.2, 0) is 17.9 Å². The number of aromatic nitrogens is 3. The van der Waals surface area contributed by atoms with Crippen molar-refractivity contribution in [2.24, 2.45) is 0 Å². The molecule has 0 radical (unpaired) electrons. The van der Waals surface area contributed by atoms with Crippen LogP contribution in [0.1, 0.15) is 12.7 Å². The molecule has 1 aromatic heterocycles. The number of halogens is 3. The van der Waals surface area contributed by atoms with Gasteiger partial charge in [0.2, 0.25) is 5.91 Å². The van der Waals surface area contributed by atoms with Gasteiger partial charge in [0.25, 0.3) is 0 Å². The Kier molecular flexibility index (Phi) is 7.66. The van der Waals surface area contributed by atoms with E-state index in [1.54, 1.807) is 42.5 Å². The molecule has 1 amide bonds. The first-order chi connectivity index (χ1) is 14.0. The number of anilines is 1. The summed E-state index contributed by atoms with van der Waals surface area (Å²) < 4.78 is 7.64. The standard InChI is InChI=1S/C19H17Cl3N4O2S/c1-2-26-16(10-28-13-8-6-12(20)7-9-13)24-25-19(26)29-11-17(27)23-15-5-3-4-14(21)18(15)22/h3-9H,2,10-11H2,1H3,(H,23,27). The maximum atomic E-state index is 12.3. The molecule has 3 rings (SSSR count). The van der Waals surface area contributed by atoms with Gasteiger partial charge < -0.3 is 14.6 Å². The lowest BCUT2D eigenvalue weighted by molar-refractivity contribution is -0.113. The number of carbonyl (C=O) groups excluding carboxylic acids is 1. The molecule has 6 nitrogen and oxygen atoms in total. The number of nitrogens with one attached hydrogen (secondary N) is 1. The molecule has 0 aliphatic heterocycles. The van der Waals surface area contributed by atoms with Gasteiger partial charge in [0, 0.05) is 11.6 Å². The molecule has 10 heteroatoms. The first kappa shape index (κ1) is 21.8. The molecule has 1 heterocycles. The van der Waals surface area contributed by atoms with E-state index in [1.807, 2.05) is 11.5 Å². The van der Waals surface area contributed by atoms with Gasteiger partial charge in [-0.1, -0.05) is 52.6 Å². The summed E-state index contributed by atoms with van der Waals surface area (Å²) in [6.45, 7) is 2.88. The van der Waals surface area contributed by atoms with Gasteiger partial charge in [0.15, 0.2) is 11.0 Å². The van der Waals surface area contributed by atoms with Crippen molar-refractivity contribution in [2.75, 3.05) is 11.1 Å². The highest BCUT2D eigenvalue weighted by molar-refractivity contribution is 7.99. The minimum Gasteiger partial charge on any atom is -0.486 e. The predicted octanol–water partition coefficient (Wildman–Crippen LogP) is 5.57. The van der Waals surface area contributed by atoms with Crippen molar-refractivity contribution in [3.8, 4) is 5.75 Å². The van der Waals surface area contributed by atoms with Crippen molar-refractivity contribution >= 4 is 58.2 Å². The number of hydrogen-bond acceptors (Lipinski definition) is 5. The third kappa shape index (κ3) is 5.79. The smallest absolute Gasteiger partial charge is 0.234 e. The van der Waals surface area contributed by atoms with E-state index >= 15 is 0 Å². The minimum atomic E-state index is -0.219. The highest BCUT2D eigenvalue weighted by Crippen LogP contribution is 2.29. The van der Waals surface area contributed by atoms with Crippen LogP contribution in [-0.4, -0.2) is 26.4 Å². The molecule has 0 saturated carbocycles. The molecule has 0 bridgehead atoms. The van der Waals surface area contributed by atoms with Gasteiger partial charge in [-0.05, 0) is 43.3 Å². The second-order valence-corrected chi connectivity index (χ2v) is 7.99. The molecule has 0 unspecified atom stereocenters. The van der Waals surface area contributed by atoms with Gasteiger partial charge in [-0.2, -0.15) is 0 Å². The summed E-state index contributed by atoms with van der Waals surface area (Å²) in [5.41, 5.74) is 0.471. The lowest BCUT2D eigenvalue weighted by Gasteiger charge is -2.10. The van der Waals surface area contributed by atoms with E-state index in [-0.39, 0.29) is 18.3 Å². The molecule has 2 aromatic carbocycles. The summed E-state index contributed by atoms with van der Waals surface area (Å²) in [6, 6.07) is 12.2. The number of thioether (sulfide) groups is 1. The van der Waals surface area contributed by atoms with Gasteiger partial charge in [0.1, 0.15) is 12.4 Å². The second-order valence-electron chi connectivity index (χ2n) is 5.82. The van der Waals surface area contributed by atoms with E-state index in [4.69, 9.17) is 39.5 Å². The summed E-state index contributed by atoms with van der Waals surface area (Å²) in [5.74, 6) is 1.29. The van der Waals surface area contributed by atoms with E-state index < -0.39 is 0 Å². The maximum Gasteiger partial charge on any atom is 0.234 e. The molecule has 1 N–H and O–H groups in total. The fourth-order valence-corrected chi connectivity index (χ4v) is 3.74. The minimum absolute atomic E-state index is 0.152. The molecule has 0 fully saturated rings. The number of carbonyl (C=O) groups is 1. The molecular formula is C19H17Cl3N4O2S.